The normalized spacial score (nSPS) is 18.0. The van der Waals surface area contributed by atoms with Crippen LogP contribution in [-0.4, -0.2) is 51.7 Å². The molecule has 0 aromatic carbocycles. The first-order chi connectivity index (χ1) is 12.3. The Bertz CT molecular complexity index is 696. The molecule has 1 unspecified atom stereocenters. The van der Waals surface area contributed by atoms with Crippen molar-refractivity contribution in [2.24, 2.45) is 5.11 Å². The van der Waals surface area contributed by atoms with Crippen LogP contribution < -0.4 is 0 Å². The molecule has 138 valence electrons. The van der Waals surface area contributed by atoms with Gasteiger partial charge >= 0.3 is 11.9 Å². The molecule has 0 spiro atoms. The second kappa shape index (κ2) is 8.07. The summed E-state index contributed by atoms with van der Waals surface area (Å²) >= 11 is 0. The van der Waals surface area contributed by atoms with E-state index < -0.39 is 48.0 Å². The molecule has 0 N–H and O–H groups in total. The summed E-state index contributed by atoms with van der Waals surface area (Å²) in [6.45, 7) is 0. The molecule has 2 aliphatic rings. The number of azide groups is 1. The van der Waals surface area contributed by atoms with Crippen LogP contribution in [-0.2, 0) is 38.4 Å². The zero-order chi connectivity index (χ0) is 19.3. The molecule has 0 saturated carbocycles. The fraction of sp³-hybridized carbons (Fsp3) is 0.538. The minimum absolute atomic E-state index is 0.0717. The standard InChI is InChI=1S/C13H13N5O8/c14-16-15-7(13(24)26-18-10(21)4-5-11(18)22)1-6-12(23)25-17-8(19)2-3-9(17)20/h7H,1-6H2. The first kappa shape index (κ1) is 18.9. The minimum atomic E-state index is -1.52. The lowest BCUT2D eigenvalue weighted by atomic mass is 10.2. The van der Waals surface area contributed by atoms with Gasteiger partial charge in [-0.3, -0.25) is 19.2 Å². The van der Waals surface area contributed by atoms with E-state index in [1.807, 2.05) is 0 Å². The fourth-order valence-electron chi connectivity index (χ4n) is 2.15. The monoisotopic (exact) mass is 367 g/mol. The quantitative estimate of drug-likeness (QED) is 0.254. The van der Waals surface area contributed by atoms with E-state index in [0.29, 0.717) is 5.06 Å². The van der Waals surface area contributed by atoms with Crippen molar-refractivity contribution >= 4 is 35.6 Å². The molecule has 0 aromatic rings. The highest BCUT2D eigenvalue weighted by Crippen LogP contribution is 2.16. The van der Waals surface area contributed by atoms with Crippen molar-refractivity contribution in [1.29, 1.82) is 0 Å². The van der Waals surface area contributed by atoms with E-state index in [0.717, 1.165) is 0 Å². The Balaban J connectivity index is 1.90. The van der Waals surface area contributed by atoms with Crippen LogP contribution in [0.3, 0.4) is 0 Å². The highest BCUT2D eigenvalue weighted by atomic mass is 16.7. The van der Waals surface area contributed by atoms with Gasteiger partial charge in [0.15, 0.2) is 0 Å². The second-order valence-corrected chi connectivity index (χ2v) is 5.30. The van der Waals surface area contributed by atoms with E-state index in [9.17, 15) is 28.8 Å². The number of carbonyl (C=O) groups is 6. The average molecular weight is 367 g/mol. The van der Waals surface area contributed by atoms with Crippen LogP contribution in [0.1, 0.15) is 38.5 Å². The van der Waals surface area contributed by atoms with Crippen LogP contribution in [0, 0.1) is 0 Å². The minimum Gasteiger partial charge on any atom is -0.330 e. The lowest BCUT2D eigenvalue weighted by Gasteiger charge is -2.16. The van der Waals surface area contributed by atoms with Gasteiger partial charge in [0.05, 0.1) is 0 Å². The number of rotatable bonds is 7. The zero-order valence-corrected chi connectivity index (χ0v) is 13.3. The molecule has 2 saturated heterocycles. The number of hydroxylamine groups is 4. The van der Waals surface area contributed by atoms with Gasteiger partial charge in [-0.1, -0.05) is 5.11 Å². The molecule has 4 amide bonds. The van der Waals surface area contributed by atoms with Gasteiger partial charge in [-0.05, 0) is 12.0 Å². The smallest absolute Gasteiger partial charge is 0.330 e. The van der Waals surface area contributed by atoms with Crippen molar-refractivity contribution in [3.8, 4) is 0 Å². The van der Waals surface area contributed by atoms with Gasteiger partial charge in [-0.25, -0.2) is 9.59 Å². The van der Waals surface area contributed by atoms with E-state index in [2.05, 4.69) is 19.7 Å². The average Bonchev–Trinajstić information content (AvgIpc) is 3.08. The Morgan fingerprint density at radius 2 is 1.42 bits per heavy atom. The van der Waals surface area contributed by atoms with Crippen LogP contribution in [0.15, 0.2) is 5.11 Å². The molecule has 0 radical (unpaired) electrons. The van der Waals surface area contributed by atoms with Crippen LogP contribution in [0.2, 0.25) is 0 Å². The number of carbonyl (C=O) groups excluding carboxylic acids is 6. The topological polar surface area (TPSA) is 176 Å². The Morgan fingerprint density at radius 1 is 0.962 bits per heavy atom. The zero-order valence-electron chi connectivity index (χ0n) is 13.3. The third-order valence-electron chi connectivity index (χ3n) is 3.47. The van der Waals surface area contributed by atoms with Gasteiger partial charge in [-0.15, -0.1) is 10.1 Å². The molecular weight excluding hydrogens is 354 g/mol. The third kappa shape index (κ3) is 4.33. The number of imide groups is 2. The highest BCUT2D eigenvalue weighted by molar-refractivity contribution is 6.02. The van der Waals surface area contributed by atoms with Crippen molar-refractivity contribution in [2.75, 3.05) is 0 Å². The largest absolute Gasteiger partial charge is 0.342 e. The molecule has 26 heavy (non-hydrogen) atoms. The lowest BCUT2D eigenvalue weighted by molar-refractivity contribution is -0.200. The van der Waals surface area contributed by atoms with Crippen LogP contribution in [0.4, 0.5) is 0 Å². The van der Waals surface area contributed by atoms with E-state index in [1.54, 1.807) is 0 Å². The maximum atomic E-state index is 11.9. The molecule has 13 nitrogen and oxygen atoms in total. The van der Waals surface area contributed by atoms with E-state index in [1.165, 1.54) is 0 Å². The molecule has 0 aromatic heterocycles. The van der Waals surface area contributed by atoms with E-state index in [-0.39, 0.29) is 37.2 Å². The Hall–Kier alpha value is -3.47. The molecule has 2 heterocycles. The number of hydrogen-bond acceptors (Lipinski definition) is 9. The number of nitrogens with zero attached hydrogens (tertiary/aromatic N) is 5. The Labute approximate surface area is 145 Å². The highest BCUT2D eigenvalue weighted by Gasteiger charge is 2.36. The van der Waals surface area contributed by atoms with Gasteiger partial charge in [-0.2, -0.15) is 0 Å². The number of amides is 4. The molecule has 1 atom stereocenters. The van der Waals surface area contributed by atoms with Crippen molar-refractivity contribution in [2.45, 2.75) is 44.6 Å². The fourth-order valence-corrected chi connectivity index (χ4v) is 2.15. The maximum absolute atomic E-state index is 11.9. The molecule has 13 heteroatoms. The van der Waals surface area contributed by atoms with Gasteiger partial charge in [0.1, 0.15) is 6.04 Å². The summed E-state index contributed by atoms with van der Waals surface area (Å²) in [6, 6.07) is -1.52. The van der Waals surface area contributed by atoms with Gasteiger partial charge in [0.25, 0.3) is 23.6 Å². The summed E-state index contributed by atoms with van der Waals surface area (Å²) in [5, 5.41) is 3.77. The van der Waals surface area contributed by atoms with E-state index >= 15 is 0 Å². The summed E-state index contributed by atoms with van der Waals surface area (Å²) in [5.41, 5.74) is 8.50. The molecule has 2 aliphatic heterocycles. The predicted octanol–water partition coefficient (Wildman–Crippen LogP) is -0.340. The summed E-state index contributed by atoms with van der Waals surface area (Å²) in [6.07, 6.45) is -1.23. The first-order valence-corrected chi connectivity index (χ1v) is 7.52. The van der Waals surface area contributed by atoms with Crippen LogP contribution >= 0.6 is 0 Å². The van der Waals surface area contributed by atoms with Crippen molar-refractivity contribution in [3.05, 3.63) is 10.4 Å². The number of hydrogen-bond donors (Lipinski definition) is 0. The Kier molecular flexibility index (Phi) is 5.86. The van der Waals surface area contributed by atoms with Gasteiger partial charge < -0.3 is 9.68 Å². The van der Waals surface area contributed by atoms with Crippen molar-refractivity contribution in [3.63, 3.8) is 0 Å². The SMILES string of the molecule is [N-]=[N+]=NC(CCC(=O)ON1C(=O)CCC1=O)C(=O)ON1C(=O)CCC1=O. The van der Waals surface area contributed by atoms with Gasteiger partial charge in [0, 0.05) is 37.0 Å². The first-order valence-electron chi connectivity index (χ1n) is 7.52. The summed E-state index contributed by atoms with van der Waals surface area (Å²) in [5.74, 6) is -4.97. The summed E-state index contributed by atoms with van der Waals surface area (Å²) in [7, 11) is 0. The van der Waals surface area contributed by atoms with Crippen molar-refractivity contribution in [1.82, 2.24) is 10.1 Å². The third-order valence-corrected chi connectivity index (χ3v) is 3.47. The predicted molar refractivity (Wildman–Crippen MR) is 76.5 cm³/mol. The lowest BCUT2D eigenvalue weighted by Crippen LogP contribution is -2.36. The molecular formula is C13H13N5O8. The van der Waals surface area contributed by atoms with Crippen molar-refractivity contribution < 1.29 is 38.4 Å². The van der Waals surface area contributed by atoms with E-state index in [4.69, 9.17) is 5.53 Å². The van der Waals surface area contributed by atoms with Crippen LogP contribution in [0.5, 0.6) is 0 Å². The van der Waals surface area contributed by atoms with Gasteiger partial charge in [0.2, 0.25) is 0 Å². The molecule has 2 rings (SSSR count). The maximum Gasteiger partial charge on any atom is 0.342 e. The summed E-state index contributed by atoms with van der Waals surface area (Å²) < 4.78 is 0. The van der Waals surface area contributed by atoms with Crippen LogP contribution in [0.25, 0.3) is 10.4 Å². The second-order valence-electron chi connectivity index (χ2n) is 5.30. The Morgan fingerprint density at radius 3 is 1.88 bits per heavy atom. The molecule has 2 fully saturated rings. The molecule has 0 bridgehead atoms. The molecule has 0 aliphatic carbocycles. The summed E-state index contributed by atoms with van der Waals surface area (Å²) in [4.78, 5) is 80.8.